The summed E-state index contributed by atoms with van der Waals surface area (Å²) in [5.74, 6) is -1.17. The van der Waals surface area contributed by atoms with Crippen molar-refractivity contribution < 1.29 is 18.3 Å². The number of carboxylic acid groups (broad SMARTS) is 1. The molecule has 1 aliphatic heterocycles. The number of carboxylic acids is 1. The molecule has 0 bridgehead atoms. The van der Waals surface area contributed by atoms with Gasteiger partial charge in [0.25, 0.3) is 0 Å². The van der Waals surface area contributed by atoms with Gasteiger partial charge in [0.05, 0.1) is 4.90 Å². The molecule has 1 aliphatic rings. The maximum Gasteiger partial charge on any atom is 0.326 e. The molecule has 0 fully saturated rings. The largest absolute Gasteiger partial charge is 0.480 e. The number of carbonyl (C=O) groups is 1. The second-order valence-corrected chi connectivity index (χ2v) is 7.02. The van der Waals surface area contributed by atoms with Crippen LogP contribution in [0, 0.1) is 6.92 Å². The summed E-state index contributed by atoms with van der Waals surface area (Å²) in [7, 11) is -0.183. The number of aliphatic carboxylic acids is 1. The number of hydrogen-bond donors (Lipinski definition) is 1. The van der Waals surface area contributed by atoms with Crippen LogP contribution in [-0.4, -0.2) is 50.5 Å². The van der Waals surface area contributed by atoms with E-state index >= 15 is 0 Å². The van der Waals surface area contributed by atoms with Gasteiger partial charge >= 0.3 is 5.97 Å². The van der Waals surface area contributed by atoms with E-state index in [1.165, 1.54) is 12.1 Å². The highest BCUT2D eigenvalue weighted by atomic mass is 32.2. The van der Waals surface area contributed by atoms with Gasteiger partial charge in [-0.2, -0.15) is 4.31 Å². The van der Waals surface area contributed by atoms with Crippen molar-refractivity contribution in [1.82, 2.24) is 4.31 Å². The SMILES string of the molecule is Cc1ccc(S(=O)(=O)N2CC=CC2C(=O)O)cc1N(C)C. The molecule has 0 amide bonds. The van der Waals surface area contributed by atoms with Crippen molar-refractivity contribution in [2.75, 3.05) is 25.5 Å². The van der Waals surface area contributed by atoms with Crippen molar-refractivity contribution >= 4 is 21.7 Å². The molecular formula is C14H18N2O4S. The predicted octanol–water partition coefficient (Wildman–Crippen LogP) is 1.07. The summed E-state index contributed by atoms with van der Waals surface area (Å²) in [6, 6.07) is 3.66. The van der Waals surface area contributed by atoms with Crippen LogP contribution in [0.15, 0.2) is 35.2 Å². The predicted molar refractivity (Wildman–Crippen MR) is 80.0 cm³/mol. The number of sulfonamides is 1. The molecule has 1 unspecified atom stereocenters. The Bertz CT molecular complexity index is 695. The van der Waals surface area contributed by atoms with E-state index in [0.717, 1.165) is 15.6 Å². The van der Waals surface area contributed by atoms with Gasteiger partial charge in [-0.1, -0.05) is 18.2 Å². The summed E-state index contributed by atoms with van der Waals surface area (Å²) < 4.78 is 26.3. The van der Waals surface area contributed by atoms with Crippen LogP contribution in [0.3, 0.4) is 0 Å². The zero-order valence-corrected chi connectivity index (χ0v) is 13.0. The van der Waals surface area contributed by atoms with E-state index in [9.17, 15) is 13.2 Å². The molecule has 6 nitrogen and oxygen atoms in total. The summed E-state index contributed by atoms with van der Waals surface area (Å²) in [5, 5.41) is 9.12. The Morgan fingerprint density at radius 2 is 2.05 bits per heavy atom. The molecule has 7 heteroatoms. The maximum atomic E-state index is 12.6. The molecule has 1 atom stereocenters. The van der Waals surface area contributed by atoms with E-state index in [1.807, 2.05) is 25.9 Å². The molecule has 0 radical (unpaired) electrons. The van der Waals surface area contributed by atoms with Crippen LogP contribution in [0.1, 0.15) is 5.56 Å². The fourth-order valence-corrected chi connectivity index (χ4v) is 3.84. The minimum atomic E-state index is -3.84. The summed E-state index contributed by atoms with van der Waals surface area (Å²) in [6.45, 7) is 1.97. The van der Waals surface area contributed by atoms with Crippen LogP contribution >= 0.6 is 0 Å². The molecule has 114 valence electrons. The minimum Gasteiger partial charge on any atom is -0.480 e. The number of rotatable bonds is 4. The van der Waals surface area contributed by atoms with Crippen molar-refractivity contribution in [3.63, 3.8) is 0 Å². The van der Waals surface area contributed by atoms with E-state index in [0.29, 0.717) is 0 Å². The highest BCUT2D eigenvalue weighted by Crippen LogP contribution is 2.27. The zero-order valence-electron chi connectivity index (χ0n) is 12.1. The molecule has 0 spiro atoms. The Hall–Kier alpha value is -1.86. The molecule has 0 aliphatic carbocycles. The van der Waals surface area contributed by atoms with Crippen LogP contribution in [0.25, 0.3) is 0 Å². The minimum absolute atomic E-state index is 0.0739. The zero-order chi connectivity index (χ0) is 15.8. The number of benzene rings is 1. The topological polar surface area (TPSA) is 77.9 Å². The lowest BCUT2D eigenvalue weighted by molar-refractivity contribution is -0.139. The molecule has 0 saturated heterocycles. The van der Waals surface area contributed by atoms with Crippen molar-refractivity contribution in [3.05, 3.63) is 35.9 Å². The van der Waals surface area contributed by atoms with Crippen molar-refractivity contribution in [3.8, 4) is 0 Å². The lowest BCUT2D eigenvalue weighted by atomic mass is 10.2. The van der Waals surface area contributed by atoms with Gasteiger partial charge in [0.15, 0.2) is 0 Å². The van der Waals surface area contributed by atoms with Crippen LogP contribution in [0.2, 0.25) is 0 Å². The van der Waals surface area contributed by atoms with Gasteiger partial charge in [-0.25, -0.2) is 8.42 Å². The fraction of sp³-hybridized carbons (Fsp3) is 0.357. The number of anilines is 1. The van der Waals surface area contributed by atoms with Gasteiger partial charge in [-0.05, 0) is 24.6 Å². The molecule has 1 aromatic carbocycles. The third kappa shape index (κ3) is 2.79. The fourth-order valence-electron chi connectivity index (χ4n) is 2.32. The second-order valence-electron chi connectivity index (χ2n) is 5.13. The summed E-state index contributed by atoms with van der Waals surface area (Å²) in [5.41, 5.74) is 1.74. The maximum absolute atomic E-state index is 12.6. The lowest BCUT2D eigenvalue weighted by Crippen LogP contribution is -2.40. The Balaban J connectivity index is 2.45. The molecule has 1 heterocycles. The molecule has 2 rings (SSSR count). The normalized spacial score (nSPS) is 18.9. The monoisotopic (exact) mass is 310 g/mol. The summed E-state index contributed by atoms with van der Waals surface area (Å²) in [6.07, 6.45) is 2.94. The Morgan fingerprint density at radius 3 is 2.62 bits per heavy atom. The van der Waals surface area contributed by atoms with E-state index in [-0.39, 0.29) is 11.4 Å². The Morgan fingerprint density at radius 1 is 1.38 bits per heavy atom. The second kappa shape index (κ2) is 5.50. The Kier molecular flexibility index (Phi) is 4.06. The molecule has 0 aromatic heterocycles. The van der Waals surface area contributed by atoms with Gasteiger partial charge in [0.2, 0.25) is 10.0 Å². The van der Waals surface area contributed by atoms with Gasteiger partial charge in [0.1, 0.15) is 6.04 Å². The third-order valence-corrected chi connectivity index (χ3v) is 5.28. The first-order valence-corrected chi connectivity index (χ1v) is 7.88. The van der Waals surface area contributed by atoms with E-state index in [1.54, 1.807) is 18.2 Å². The summed E-state index contributed by atoms with van der Waals surface area (Å²) >= 11 is 0. The van der Waals surface area contributed by atoms with E-state index in [4.69, 9.17) is 5.11 Å². The van der Waals surface area contributed by atoms with Gasteiger partial charge < -0.3 is 10.0 Å². The highest BCUT2D eigenvalue weighted by Gasteiger charge is 2.36. The molecule has 1 N–H and O–H groups in total. The molecule has 1 aromatic rings. The van der Waals surface area contributed by atoms with Crippen LogP contribution in [0.5, 0.6) is 0 Å². The summed E-state index contributed by atoms with van der Waals surface area (Å²) in [4.78, 5) is 13.1. The lowest BCUT2D eigenvalue weighted by Gasteiger charge is -2.22. The Labute approximate surface area is 124 Å². The molecular weight excluding hydrogens is 292 g/mol. The molecule has 21 heavy (non-hydrogen) atoms. The average Bonchev–Trinajstić information content (AvgIpc) is 2.88. The average molecular weight is 310 g/mol. The van der Waals surface area contributed by atoms with Crippen molar-refractivity contribution in [2.45, 2.75) is 17.9 Å². The van der Waals surface area contributed by atoms with E-state index < -0.39 is 22.0 Å². The van der Waals surface area contributed by atoms with Crippen LogP contribution < -0.4 is 4.90 Å². The number of hydrogen-bond acceptors (Lipinski definition) is 4. The first kappa shape index (κ1) is 15.5. The highest BCUT2D eigenvalue weighted by molar-refractivity contribution is 7.89. The first-order valence-electron chi connectivity index (χ1n) is 6.44. The first-order chi connectivity index (χ1) is 9.75. The van der Waals surface area contributed by atoms with Crippen LogP contribution in [-0.2, 0) is 14.8 Å². The standard InChI is InChI=1S/C14H18N2O4S/c1-10-6-7-11(9-13(10)15(2)3)21(19,20)16-8-4-5-12(16)14(17)18/h4-7,9,12H,8H2,1-3H3,(H,17,18). The molecule has 0 saturated carbocycles. The third-order valence-electron chi connectivity index (χ3n) is 3.44. The van der Waals surface area contributed by atoms with Crippen molar-refractivity contribution in [1.29, 1.82) is 0 Å². The van der Waals surface area contributed by atoms with Gasteiger partial charge in [-0.15, -0.1) is 0 Å². The smallest absolute Gasteiger partial charge is 0.326 e. The van der Waals surface area contributed by atoms with Gasteiger partial charge in [0, 0.05) is 26.3 Å². The van der Waals surface area contributed by atoms with E-state index in [2.05, 4.69) is 0 Å². The van der Waals surface area contributed by atoms with Gasteiger partial charge in [-0.3, -0.25) is 4.79 Å². The number of aryl methyl sites for hydroxylation is 1. The number of nitrogens with zero attached hydrogens (tertiary/aromatic N) is 2. The quantitative estimate of drug-likeness (QED) is 0.842. The van der Waals surface area contributed by atoms with Crippen LogP contribution in [0.4, 0.5) is 5.69 Å². The van der Waals surface area contributed by atoms with Crippen molar-refractivity contribution in [2.24, 2.45) is 0 Å².